The van der Waals surface area contributed by atoms with Gasteiger partial charge < -0.3 is 0 Å². The summed E-state index contributed by atoms with van der Waals surface area (Å²) in [7, 11) is 0. The van der Waals surface area contributed by atoms with Crippen molar-refractivity contribution in [3.05, 3.63) is 0 Å². The second kappa shape index (κ2) is 0.340. The zero-order chi connectivity index (χ0) is 5.08. The van der Waals surface area contributed by atoms with Gasteiger partial charge in [0.2, 0.25) is 0 Å². The van der Waals surface area contributed by atoms with E-state index in [-0.39, 0.29) is 0 Å². The predicted octanol–water partition coefficient (Wildman–Crippen LogP) is 1.66. The molecule has 0 heteroatoms. The van der Waals surface area contributed by atoms with Gasteiger partial charge in [-0.2, -0.15) is 0 Å². The van der Waals surface area contributed by atoms with Crippen LogP contribution in [-0.4, -0.2) is 0 Å². The van der Waals surface area contributed by atoms with Gasteiger partial charge in [-0.25, -0.2) is 0 Å². The fourth-order valence-corrected chi connectivity index (χ4v) is 3.39. The predicted molar refractivity (Wildman–Crippen MR) is 27.8 cm³/mol. The number of rotatable bonds is 0. The zero-order valence-corrected chi connectivity index (χ0v) is 5.08. The summed E-state index contributed by atoms with van der Waals surface area (Å²) in [6, 6.07) is 0. The lowest BCUT2D eigenvalue weighted by Crippen LogP contribution is -1.58. The van der Waals surface area contributed by atoms with Gasteiger partial charge in [-0.3, -0.25) is 0 Å². The SMILES string of the molecule is CC12C3C1(C)C32C. The molecule has 0 radical (unpaired) electrons. The molecule has 0 bridgehead atoms. The number of hydrogen-bond donors (Lipinski definition) is 0. The van der Waals surface area contributed by atoms with E-state index in [0.717, 1.165) is 16.2 Å². The molecule has 0 saturated heterocycles. The minimum Gasteiger partial charge on any atom is -0.0582 e. The maximum Gasteiger partial charge on any atom is -0.0161 e. The average Bonchev–Trinajstić information content (AvgIpc) is 2.38. The third-order valence-corrected chi connectivity index (χ3v) is 4.66. The Hall–Kier alpha value is 0. The van der Waals surface area contributed by atoms with Crippen molar-refractivity contribution in [2.75, 3.05) is 0 Å². The Morgan fingerprint density at radius 1 is 0.857 bits per heavy atom. The summed E-state index contributed by atoms with van der Waals surface area (Å²) in [5.41, 5.74) is 2.62. The number of hydrogen-bond acceptors (Lipinski definition) is 0. The zero-order valence-electron chi connectivity index (χ0n) is 5.08. The molecule has 4 fully saturated rings. The van der Waals surface area contributed by atoms with Crippen LogP contribution in [0.3, 0.4) is 0 Å². The molecule has 0 heterocycles. The molecule has 4 aliphatic rings. The Morgan fingerprint density at radius 2 is 1.00 bits per heavy atom. The van der Waals surface area contributed by atoms with Crippen LogP contribution in [0.4, 0.5) is 0 Å². The lowest BCUT2D eigenvalue weighted by atomic mass is 10.4. The van der Waals surface area contributed by atoms with E-state index >= 15 is 0 Å². The van der Waals surface area contributed by atoms with Crippen molar-refractivity contribution in [3.8, 4) is 0 Å². The van der Waals surface area contributed by atoms with E-state index in [1.807, 2.05) is 0 Å². The molecule has 0 aromatic rings. The Kier molecular flexibility index (Phi) is 0.151. The van der Waals surface area contributed by atoms with Crippen LogP contribution in [0.5, 0.6) is 0 Å². The summed E-state index contributed by atoms with van der Waals surface area (Å²) < 4.78 is 0. The second-order valence-electron chi connectivity index (χ2n) is 4.04. The highest BCUT2D eigenvalue weighted by Gasteiger charge is 3.22. The quantitative estimate of drug-likeness (QED) is 0.428. The van der Waals surface area contributed by atoms with E-state index in [1.165, 1.54) is 5.92 Å². The molecule has 38 valence electrons. The molecule has 0 nitrogen and oxygen atoms in total. The van der Waals surface area contributed by atoms with Crippen LogP contribution in [0.15, 0.2) is 0 Å². The summed E-state index contributed by atoms with van der Waals surface area (Å²) in [6.07, 6.45) is 0. The van der Waals surface area contributed by atoms with Gasteiger partial charge in [-0.15, -0.1) is 0 Å². The van der Waals surface area contributed by atoms with E-state index in [9.17, 15) is 0 Å². The van der Waals surface area contributed by atoms with E-state index in [4.69, 9.17) is 0 Å². The topological polar surface area (TPSA) is 0 Å². The van der Waals surface area contributed by atoms with Crippen LogP contribution in [0, 0.1) is 22.2 Å². The lowest BCUT2D eigenvalue weighted by Gasteiger charge is -1.65. The minimum atomic E-state index is 0.875. The molecule has 4 rings (SSSR count). The molecular formula is C7H10. The fraction of sp³-hybridized carbons (Fsp3) is 1.00. The summed E-state index contributed by atoms with van der Waals surface area (Å²) in [4.78, 5) is 0. The van der Waals surface area contributed by atoms with Gasteiger partial charge >= 0.3 is 0 Å². The third-order valence-electron chi connectivity index (χ3n) is 4.66. The Balaban J connectivity index is 2.30. The first-order valence-corrected chi connectivity index (χ1v) is 3.12. The standard InChI is InChI=1S/C7H10/c1-5-4-6(5,2)7(4,5)3/h4H,1-3H3. The van der Waals surface area contributed by atoms with Gasteiger partial charge in [0.05, 0.1) is 0 Å². The van der Waals surface area contributed by atoms with Crippen molar-refractivity contribution < 1.29 is 0 Å². The van der Waals surface area contributed by atoms with Gasteiger partial charge in [0, 0.05) is 0 Å². The van der Waals surface area contributed by atoms with Gasteiger partial charge in [0.25, 0.3) is 0 Å². The highest BCUT2D eigenvalue weighted by atomic mass is 15.2. The maximum atomic E-state index is 2.43. The van der Waals surface area contributed by atoms with Crippen molar-refractivity contribution in [3.63, 3.8) is 0 Å². The van der Waals surface area contributed by atoms with Crippen LogP contribution in [0.25, 0.3) is 0 Å². The highest BCUT2D eigenvalue weighted by molar-refractivity contribution is 5.68. The Morgan fingerprint density at radius 3 is 1.00 bits per heavy atom. The maximum absolute atomic E-state index is 2.43. The molecule has 0 N–H and O–H groups in total. The molecule has 0 aliphatic heterocycles. The van der Waals surface area contributed by atoms with E-state index in [2.05, 4.69) is 20.8 Å². The van der Waals surface area contributed by atoms with Crippen molar-refractivity contribution in [2.45, 2.75) is 20.8 Å². The molecule has 0 aromatic heterocycles. The van der Waals surface area contributed by atoms with Crippen LogP contribution in [0.1, 0.15) is 20.8 Å². The Bertz CT molecular complexity index is 139. The van der Waals surface area contributed by atoms with Crippen molar-refractivity contribution in [2.24, 2.45) is 22.2 Å². The van der Waals surface area contributed by atoms with E-state index in [1.54, 1.807) is 0 Å². The first kappa shape index (κ1) is 3.11. The van der Waals surface area contributed by atoms with Crippen LogP contribution in [0.2, 0.25) is 0 Å². The smallest absolute Gasteiger partial charge is 0.0161 e. The molecule has 0 unspecified atom stereocenters. The molecule has 0 spiro atoms. The van der Waals surface area contributed by atoms with Crippen LogP contribution >= 0.6 is 0 Å². The summed E-state index contributed by atoms with van der Waals surface area (Å²) in [6.45, 7) is 7.28. The Labute approximate surface area is 43.9 Å². The molecular weight excluding hydrogens is 84.1 g/mol. The second-order valence-corrected chi connectivity index (χ2v) is 4.04. The first-order valence-electron chi connectivity index (χ1n) is 3.12. The monoisotopic (exact) mass is 94.1 g/mol. The van der Waals surface area contributed by atoms with Crippen LogP contribution in [-0.2, 0) is 0 Å². The lowest BCUT2D eigenvalue weighted by molar-refractivity contribution is 0.834. The van der Waals surface area contributed by atoms with E-state index < -0.39 is 0 Å². The van der Waals surface area contributed by atoms with Gasteiger partial charge in [-0.1, -0.05) is 20.8 Å². The average molecular weight is 94.2 g/mol. The first-order chi connectivity index (χ1) is 3.12. The van der Waals surface area contributed by atoms with Gasteiger partial charge in [-0.05, 0) is 22.2 Å². The molecule has 0 aromatic carbocycles. The van der Waals surface area contributed by atoms with Crippen LogP contribution < -0.4 is 0 Å². The molecule has 0 atom stereocenters. The van der Waals surface area contributed by atoms with Crippen molar-refractivity contribution >= 4 is 0 Å². The largest absolute Gasteiger partial charge is 0.0582 e. The fourth-order valence-electron chi connectivity index (χ4n) is 3.39. The summed E-state index contributed by atoms with van der Waals surface area (Å²) in [5, 5.41) is 0. The summed E-state index contributed by atoms with van der Waals surface area (Å²) in [5.74, 6) is 1.17. The third kappa shape index (κ3) is 0.0701. The van der Waals surface area contributed by atoms with E-state index in [0.29, 0.717) is 0 Å². The van der Waals surface area contributed by atoms with Gasteiger partial charge in [0.15, 0.2) is 0 Å². The summed E-state index contributed by atoms with van der Waals surface area (Å²) >= 11 is 0. The molecule has 7 heavy (non-hydrogen) atoms. The van der Waals surface area contributed by atoms with Gasteiger partial charge in [0.1, 0.15) is 0 Å². The highest BCUT2D eigenvalue weighted by Crippen LogP contribution is 3.25. The van der Waals surface area contributed by atoms with Crippen molar-refractivity contribution in [1.29, 1.82) is 0 Å². The minimum absolute atomic E-state index is 0.875. The molecule has 4 aliphatic carbocycles. The molecule has 4 saturated carbocycles. The van der Waals surface area contributed by atoms with Crippen molar-refractivity contribution in [1.82, 2.24) is 0 Å². The molecule has 0 amide bonds. The normalized spacial score (nSPS) is 99.0.